The van der Waals surface area contributed by atoms with Crippen LogP contribution in [0.1, 0.15) is 71.6 Å². The zero-order valence-corrected chi connectivity index (χ0v) is 14.1. The van der Waals surface area contributed by atoms with Crippen molar-refractivity contribution in [2.45, 2.75) is 71.6 Å². The first-order valence-electron chi connectivity index (χ1n) is 9.36. The Morgan fingerprint density at radius 3 is 2.77 bits per heavy atom. The fourth-order valence-corrected chi connectivity index (χ4v) is 7.01. The maximum absolute atomic E-state index is 11.5. The lowest BCUT2D eigenvalue weighted by molar-refractivity contribution is -0.144. The minimum atomic E-state index is -0.583. The molecule has 2 heteroatoms. The van der Waals surface area contributed by atoms with Crippen LogP contribution >= 0.6 is 0 Å². The van der Waals surface area contributed by atoms with Crippen molar-refractivity contribution in [1.82, 2.24) is 0 Å². The second kappa shape index (κ2) is 4.85. The van der Waals surface area contributed by atoms with E-state index in [1.54, 1.807) is 5.57 Å². The van der Waals surface area contributed by atoms with Crippen molar-refractivity contribution in [3.8, 4) is 0 Å². The van der Waals surface area contributed by atoms with Crippen LogP contribution in [0.15, 0.2) is 11.6 Å². The fourth-order valence-electron chi connectivity index (χ4n) is 7.01. The SMILES string of the molecule is C[C@@]12CCC[C@H]1[C@@H]1CCC3=CCC(C(=O)O)C[C@]3(C)[C@@H]1CC2. The molecule has 0 saturated heterocycles. The molecule has 4 aliphatic carbocycles. The summed E-state index contributed by atoms with van der Waals surface area (Å²) in [5.41, 5.74) is 2.38. The van der Waals surface area contributed by atoms with Gasteiger partial charge in [0.15, 0.2) is 0 Å². The van der Waals surface area contributed by atoms with Crippen LogP contribution in [0.3, 0.4) is 0 Å². The number of fused-ring (bicyclic) bond motifs is 5. The molecule has 4 rings (SSSR count). The predicted octanol–water partition coefficient (Wildman–Crippen LogP) is 5.04. The van der Waals surface area contributed by atoms with Gasteiger partial charge in [-0.05, 0) is 80.0 Å². The van der Waals surface area contributed by atoms with E-state index >= 15 is 0 Å². The molecule has 0 aromatic carbocycles. The third-order valence-corrected chi connectivity index (χ3v) is 8.19. The summed E-state index contributed by atoms with van der Waals surface area (Å²) in [6, 6.07) is 0. The van der Waals surface area contributed by atoms with E-state index in [1.807, 2.05) is 0 Å². The van der Waals surface area contributed by atoms with Gasteiger partial charge in [-0.15, -0.1) is 0 Å². The van der Waals surface area contributed by atoms with E-state index in [1.165, 1.54) is 44.9 Å². The highest BCUT2D eigenvalue weighted by Gasteiger charge is 2.56. The highest BCUT2D eigenvalue weighted by atomic mass is 16.4. The van der Waals surface area contributed by atoms with Crippen LogP contribution in [0.5, 0.6) is 0 Å². The molecule has 4 aliphatic rings. The van der Waals surface area contributed by atoms with Crippen LogP contribution in [0.25, 0.3) is 0 Å². The molecule has 0 bridgehead atoms. The van der Waals surface area contributed by atoms with Gasteiger partial charge in [0.2, 0.25) is 0 Å². The summed E-state index contributed by atoms with van der Waals surface area (Å²) in [7, 11) is 0. The number of hydrogen-bond donors (Lipinski definition) is 1. The highest BCUT2D eigenvalue weighted by Crippen LogP contribution is 2.65. The van der Waals surface area contributed by atoms with E-state index in [2.05, 4.69) is 19.9 Å². The number of carboxylic acid groups (broad SMARTS) is 1. The van der Waals surface area contributed by atoms with E-state index < -0.39 is 5.97 Å². The molecule has 2 nitrogen and oxygen atoms in total. The zero-order valence-electron chi connectivity index (χ0n) is 14.1. The van der Waals surface area contributed by atoms with Gasteiger partial charge in [-0.1, -0.05) is 31.9 Å². The average Bonchev–Trinajstić information content (AvgIpc) is 2.87. The lowest BCUT2D eigenvalue weighted by atomic mass is 9.47. The van der Waals surface area contributed by atoms with Crippen LogP contribution < -0.4 is 0 Å². The fraction of sp³-hybridized carbons (Fsp3) is 0.850. The topological polar surface area (TPSA) is 37.3 Å². The molecule has 1 N–H and O–H groups in total. The van der Waals surface area contributed by atoms with E-state index in [0.717, 1.165) is 30.6 Å². The van der Waals surface area contributed by atoms with Gasteiger partial charge >= 0.3 is 5.97 Å². The largest absolute Gasteiger partial charge is 0.481 e. The first-order valence-corrected chi connectivity index (χ1v) is 9.36. The number of carbonyl (C=O) groups is 1. The van der Waals surface area contributed by atoms with E-state index in [0.29, 0.717) is 5.41 Å². The van der Waals surface area contributed by atoms with E-state index in [4.69, 9.17) is 0 Å². The van der Waals surface area contributed by atoms with Gasteiger partial charge in [-0.3, -0.25) is 4.79 Å². The molecule has 0 radical (unpaired) electrons. The Morgan fingerprint density at radius 2 is 2.00 bits per heavy atom. The molecule has 0 amide bonds. The zero-order chi connectivity index (χ0) is 15.5. The number of carboxylic acids is 1. The molecule has 3 fully saturated rings. The first kappa shape index (κ1) is 14.8. The van der Waals surface area contributed by atoms with Crippen molar-refractivity contribution in [3.63, 3.8) is 0 Å². The van der Waals surface area contributed by atoms with Gasteiger partial charge in [0, 0.05) is 0 Å². The summed E-state index contributed by atoms with van der Waals surface area (Å²) < 4.78 is 0. The van der Waals surface area contributed by atoms with Crippen LogP contribution in [0.4, 0.5) is 0 Å². The van der Waals surface area contributed by atoms with Crippen LogP contribution in [0.2, 0.25) is 0 Å². The molecule has 6 atom stereocenters. The first-order chi connectivity index (χ1) is 10.4. The molecule has 3 saturated carbocycles. The summed E-state index contributed by atoms with van der Waals surface area (Å²) in [5, 5.41) is 9.50. The number of hydrogen-bond acceptors (Lipinski definition) is 1. The quantitative estimate of drug-likeness (QED) is 0.689. The third kappa shape index (κ3) is 1.95. The summed E-state index contributed by atoms with van der Waals surface area (Å²) >= 11 is 0. The lowest BCUT2D eigenvalue weighted by Crippen LogP contribution is -2.50. The molecular formula is C20H30O2. The number of allylic oxidation sites excluding steroid dienone is 2. The molecule has 0 spiro atoms. The predicted molar refractivity (Wildman–Crippen MR) is 87.4 cm³/mol. The Morgan fingerprint density at radius 1 is 1.18 bits per heavy atom. The smallest absolute Gasteiger partial charge is 0.306 e. The summed E-state index contributed by atoms with van der Waals surface area (Å²) in [6.45, 7) is 4.94. The molecule has 22 heavy (non-hydrogen) atoms. The second-order valence-corrected chi connectivity index (χ2v) is 9.12. The third-order valence-electron chi connectivity index (χ3n) is 8.19. The van der Waals surface area contributed by atoms with Gasteiger partial charge in [0.05, 0.1) is 5.92 Å². The average molecular weight is 302 g/mol. The van der Waals surface area contributed by atoms with Crippen LogP contribution in [-0.2, 0) is 4.79 Å². The van der Waals surface area contributed by atoms with Crippen molar-refractivity contribution >= 4 is 5.97 Å². The summed E-state index contributed by atoms with van der Waals surface area (Å²) in [4.78, 5) is 11.5. The minimum Gasteiger partial charge on any atom is -0.481 e. The van der Waals surface area contributed by atoms with Crippen LogP contribution in [-0.4, -0.2) is 11.1 Å². The molecule has 0 heterocycles. The van der Waals surface area contributed by atoms with Crippen molar-refractivity contribution in [1.29, 1.82) is 0 Å². The molecule has 0 aliphatic heterocycles. The summed E-state index contributed by atoms with van der Waals surface area (Å²) in [5.74, 6) is 1.78. The Kier molecular flexibility index (Phi) is 3.26. The molecule has 0 aromatic heterocycles. The highest BCUT2D eigenvalue weighted by molar-refractivity contribution is 5.70. The van der Waals surface area contributed by atoms with Crippen molar-refractivity contribution in [2.24, 2.45) is 34.5 Å². The van der Waals surface area contributed by atoms with Gasteiger partial charge < -0.3 is 5.11 Å². The minimum absolute atomic E-state index is 0.149. The lowest BCUT2D eigenvalue weighted by Gasteiger charge is -2.58. The Labute approximate surface area is 134 Å². The van der Waals surface area contributed by atoms with Crippen molar-refractivity contribution in [3.05, 3.63) is 11.6 Å². The molecular weight excluding hydrogens is 272 g/mol. The number of aliphatic carboxylic acids is 1. The normalized spacial score (nSPS) is 50.5. The Balaban J connectivity index is 1.66. The molecule has 122 valence electrons. The van der Waals surface area contributed by atoms with Crippen molar-refractivity contribution in [2.75, 3.05) is 0 Å². The van der Waals surface area contributed by atoms with Crippen LogP contribution in [0, 0.1) is 34.5 Å². The van der Waals surface area contributed by atoms with Gasteiger partial charge in [-0.25, -0.2) is 0 Å². The Bertz CT molecular complexity index is 522. The summed E-state index contributed by atoms with van der Waals surface area (Å²) in [6.07, 6.45) is 13.5. The standard InChI is InChI=1S/C20H30O2/c1-19-10-3-4-16(19)15-8-7-14-6-5-13(18(21)22)12-20(14,2)17(15)9-11-19/h6,13,15-17H,3-5,7-12H2,1-2H3,(H,21,22)/t13?,15-,16-,17+,19-,20-/m0/s1. The Hall–Kier alpha value is -0.790. The molecule has 0 aromatic rings. The second-order valence-electron chi connectivity index (χ2n) is 9.12. The van der Waals surface area contributed by atoms with Gasteiger partial charge in [0.25, 0.3) is 0 Å². The van der Waals surface area contributed by atoms with E-state index in [-0.39, 0.29) is 11.3 Å². The van der Waals surface area contributed by atoms with E-state index in [9.17, 15) is 9.90 Å². The number of rotatable bonds is 1. The monoisotopic (exact) mass is 302 g/mol. The molecule has 1 unspecified atom stereocenters. The van der Waals surface area contributed by atoms with Gasteiger partial charge in [0.1, 0.15) is 0 Å². The van der Waals surface area contributed by atoms with Gasteiger partial charge in [-0.2, -0.15) is 0 Å². The maximum atomic E-state index is 11.5. The van der Waals surface area contributed by atoms with Crippen molar-refractivity contribution < 1.29 is 9.90 Å². The maximum Gasteiger partial charge on any atom is 0.306 e.